The highest BCUT2D eigenvalue weighted by atomic mass is 32.2. The molecule has 0 aromatic heterocycles. The van der Waals surface area contributed by atoms with Crippen LogP contribution in [0.25, 0.3) is 0 Å². The van der Waals surface area contributed by atoms with Crippen LogP contribution in [0.2, 0.25) is 0 Å². The zero-order chi connectivity index (χ0) is 16.9. The van der Waals surface area contributed by atoms with Crippen LogP contribution in [0.15, 0.2) is 0 Å². The van der Waals surface area contributed by atoms with Crippen molar-refractivity contribution in [3.05, 3.63) is 0 Å². The molecule has 1 unspecified atom stereocenters. The van der Waals surface area contributed by atoms with Crippen LogP contribution >= 0.6 is 0 Å². The molecule has 22 heavy (non-hydrogen) atoms. The fourth-order valence-corrected chi connectivity index (χ4v) is 3.56. The first-order valence-electron chi connectivity index (χ1n) is 7.73. The number of hydrogen-bond donors (Lipinski definition) is 2. The molecule has 1 aliphatic rings. The van der Waals surface area contributed by atoms with Crippen molar-refractivity contribution in [3.8, 4) is 0 Å². The average molecular weight is 333 g/mol. The second kappa shape index (κ2) is 8.03. The Bertz CT molecular complexity index is 504. The summed E-state index contributed by atoms with van der Waals surface area (Å²) in [7, 11) is -3.39. The van der Waals surface area contributed by atoms with Gasteiger partial charge in [0.1, 0.15) is 0 Å². The number of carbonyl (C=O) groups is 2. The summed E-state index contributed by atoms with van der Waals surface area (Å²) in [6, 6.07) is -1.30. The highest BCUT2D eigenvalue weighted by Gasteiger charge is 2.31. The molecule has 2 atom stereocenters. The minimum atomic E-state index is -3.39. The third-order valence-corrected chi connectivity index (χ3v) is 5.59. The topological polar surface area (TPSA) is 110 Å². The fraction of sp³-hybridized carbons (Fsp3) is 0.857. The zero-order valence-electron chi connectivity index (χ0n) is 13.5. The van der Waals surface area contributed by atoms with Crippen molar-refractivity contribution in [2.75, 3.05) is 18.8 Å². The highest BCUT2D eigenvalue weighted by molar-refractivity contribution is 7.89. The molecule has 0 bridgehead atoms. The Hall–Kier alpha value is -0.990. The SMILES string of the molecule is CCS(=O)(=O)N1CCCC(NC(=O)[C@@H](N)CC(C)C)C(=O)C1. The van der Waals surface area contributed by atoms with Gasteiger partial charge in [-0.25, -0.2) is 8.42 Å². The van der Waals surface area contributed by atoms with Gasteiger partial charge in [0.05, 0.1) is 24.4 Å². The number of carbonyl (C=O) groups excluding carboxylic acids is 2. The first-order chi connectivity index (χ1) is 10.2. The van der Waals surface area contributed by atoms with Crippen LogP contribution in [0.4, 0.5) is 0 Å². The van der Waals surface area contributed by atoms with Gasteiger partial charge in [0.15, 0.2) is 5.78 Å². The number of hydrogen-bond acceptors (Lipinski definition) is 5. The quantitative estimate of drug-likeness (QED) is 0.703. The first kappa shape index (κ1) is 19.1. The van der Waals surface area contributed by atoms with Crippen LogP contribution in [0.5, 0.6) is 0 Å². The Kier molecular flexibility index (Phi) is 6.96. The van der Waals surface area contributed by atoms with Gasteiger partial charge in [0.25, 0.3) is 0 Å². The number of amides is 1. The van der Waals surface area contributed by atoms with Gasteiger partial charge in [-0.2, -0.15) is 4.31 Å². The van der Waals surface area contributed by atoms with Gasteiger partial charge in [-0.3, -0.25) is 9.59 Å². The van der Waals surface area contributed by atoms with Gasteiger partial charge in [-0.15, -0.1) is 0 Å². The summed E-state index contributed by atoms with van der Waals surface area (Å²) >= 11 is 0. The molecule has 0 aliphatic carbocycles. The number of nitrogens with two attached hydrogens (primary N) is 1. The Balaban J connectivity index is 2.67. The lowest BCUT2D eigenvalue weighted by molar-refractivity contribution is -0.128. The van der Waals surface area contributed by atoms with E-state index in [4.69, 9.17) is 5.73 Å². The van der Waals surface area contributed by atoms with Crippen LogP contribution in [0.1, 0.15) is 40.0 Å². The lowest BCUT2D eigenvalue weighted by Crippen LogP contribution is -2.50. The number of rotatable bonds is 6. The summed E-state index contributed by atoms with van der Waals surface area (Å²) < 4.78 is 25.0. The Morgan fingerprint density at radius 3 is 2.64 bits per heavy atom. The van der Waals surface area contributed by atoms with Crippen molar-refractivity contribution < 1.29 is 18.0 Å². The van der Waals surface area contributed by atoms with E-state index in [9.17, 15) is 18.0 Å². The summed E-state index contributed by atoms with van der Waals surface area (Å²) in [4.78, 5) is 24.2. The Labute approximate surface area is 132 Å². The molecule has 128 valence electrons. The third-order valence-electron chi connectivity index (χ3n) is 3.76. The number of sulfonamides is 1. The van der Waals surface area contributed by atoms with Gasteiger partial charge in [-0.1, -0.05) is 13.8 Å². The molecule has 0 radical (unpaired) electrons. The Morgan fingerprint density at radius 2 is 2.09 bits per heavy atom. The smallest absolute Gasteiger partial charge is 0.237 e. The molecule has 1 rings (SSSR count). The van der Waals surface area contributed by atoms with Gasteiger partial charge in [0.2, 0.25) is 15.9 Å². The lowest BCUT2D eigenvalue weighted by Gasteiger charge is -2.20. The molecule has 0 spiro atoms. The van der Waals surface area contributed by atoms with E-state index >= 15 is 0 Å². The van der Waals surface area contributed by atoms with Crippen LogP contribution in [0, 0.1) is 5.92 Å². The van der Waals surface area contributed by atoms with Gasteiger partial charge < -0.3 is 11.1 Å². The monoisotopic (exact) mass is 333 g/mol. The summed E-state index contributed by atoms with van der Waals surface area (Å²) in [6.45, 7) is 5.62. The normalized spacial score (nSPS) is 22.4. The lowest BCUT2D eigenvalue weighted by atomic mass is 10.0. The van der Waals surface area contributed by atoms with Crippen molar-refractivity contribution >= 4 is 21.7 Å². The maximum Gasteiger partial charge on any atom is 0.237 e. The summed E-state index contributed by atoms with van der Waals surface area (Å²) in [5, 5.41) is 2.67. The van der Waals surface area contributed by atoms with Crippen LogP contribution in [-0.2, 0) is 19.6 Å². The predicted molar refractivity (Wildman–Crippen MR) is 84.6 cm³/mol. The molecule has 0 aromatic carbocycles. The van der Waals surface area contributed by atoms with Crippen molar-refractivity contribution in [2.24, 2.45) is 11.7 Å². The standard InChI is InChI=1S/C14H27N3O4S/c1-4-22(20,21)17-7-5-6-12(13(18)9-17)16-14(19)11(15)8-10(2)3/h10-12H,4-9,15H2,1-3H3,(H,16,19)/t11-,12?/m0/s1. The number of ketones is 1. The molecule has 7 nitrogen and oxygen atoms in total. The van der Waals surface area contributed by atoms with Crippen LogP contribution < -0.4 is 11.1 Å². The number of nitrogens with one attached hydrogen (secondary N) is 1. The molecule has 8 heteroatoms. The average Bonchev–Trinajstić information content (AvgIpc) is 2.61. The molecular formula is C14H27N3O4S. The van der Waals surface area contributed by atoms with Crippen LogP contribution in [0.3, 0.4) is 0 Å². The largest absolute Gasteiger partial charge is 0.345 e. The van der Waals surface area contributed by atoms with E-state index < -0.39 is 22.1 Å². The summed E-state index contributed by atoms with van der Waals surface area (Å²) in [5.74, 6) is -0.370. The molecule has 1 amide bonds. The van der Waals surface area contributed by atoms with E-state index in [0.717, 1.165) is 0 Å². The van der Waals surface area contributed by atoms with Crippen LogP contribution in [-0.4, -0.2) is 55.3 Å². The molecule has 1 heterocycles. The van der Waals surface area contributed by atoms with Gasteiger partial charge >= 0.3 is 0 Å². The summed E-state index contributed by atoms with van der Waals surface area (Å²) in [5.41, 5.74) is 5.81. The van der Waals surface area contributed by atoms with E-state index in [1.54, 1.807) is 6.92 Å². The Morgan fingerprint density at radius 1 is 1.45 bits per heavy atom. The van der Waals surface area contributed by atoms with E-state index in [1.807, 2.05) is 13.8 Å². The molecular weight excluding hydrogens is 306 g/mol. The molecule has 1 fully saturated rings. The van der Waals surface area contributed by atoms with Gasteiger partial charge in [0, 0.05) is 6.54 Å². The summed E-state index contributed by atoms with van der Waals surface area (Å²) in [6.07, 6.45) is 1.52. The van der Waals surface area contributed by atoms with E-state index in [2.05, 4.69) is 5.32 Å². The van der Waals surface area contributed by atoms with E-state index in [1.165, 1.54) is 4.31 Å². The minimum Gasteiger partial charge on any atom is -0.345 e. The second-order valence-corrected chi connectivity index (χ2v) is 8.40. The van der Waals surface area contributed by atoms with Gasteiger partial charge in [-0.05, 0) is 32.1 Å². The third kappa shape index (κ3) is 5.33. The number of Topliss-reactive ketones (excluding diaryl/α,β-unsaturated/α-hetero) is 1. The molecule has 1 saturated heterocycles. The highest BCUT2D eigenvalue weighted by Crippen LogP contribution is 2.13. The first-order valence-corrected chi connectivity index (χ1v) is 9.34. The predicted octanol–water partition coefficient (Wildman–Crippen LogP) is -0.141. The maximum absolute atomic E-state index is 12.2. The minimum absolute atomic E-state index is 0.0312. The van der Waals surface area contributed by atoms with Crippen molar-refractivity contribution in [1.82, 2.24) is 9.62 Å². The molecule has 0 aromatic rings. The van der Waals surface area contributed by atoms with Crippen molar-refractivity contribution in [3.63, 3.8) is 0 Å². The maximum atomic E-state index is 12.2. The molecule has 3 N–H and O–H groups in total. The zero-order valence-corrected chi connectivity index (χ0v) is 14.4. The number of nitrogens with zero attached hydrogens (tertiary/aromatic N) is 1. The second-order valence-electron chi connectivity index (χ2n) is 6.14. The van der Waals surface area contributed by atoms with Crippen molar-refractivity contribution in [1.29, 1.82) is 0 Å². The van der Waals surface area contributed by atoms with E-state index in [0.29, 0.717) is 25.8 Å². The molecule has 1 aliphatic heterocycles. The van der Waals surface area contributed by atoms with Crippen molar-refractivity contribution in [2.45, 2.75) is 52.1 Å². The molecule has 0 saturated carbocycles. The fourth-order valence-electron chi connectivity index (χ4n) is 2.46. The van der Waals surface area contributed by atoms with E-state index in [-0.39, 0.29) is 29.9 Å².